The Kier molecular flexibility index (Phi) is 10.0. The molecule has 2 aromatic rings. The summed E-state index contributed by atoms with van der Waals surface area (Å²) in [5, 5.41) is 14.7. The maximum absolute atomic E-state index is 13.7. The average Bonchev–Trinajstić information content (AvgIpc) is 2.83. The van der Waals surface area contributed by atoms with Crippen LogP contribution in [-0.4, -0.2) is 46.9 Å². The Hall–Kier alpha value is -4.83. The molecule has 0 bridgehead atoms. The van der Waals surface area contributed by atoms with E-state index in [0.717, 1.165) is 10.5 Å². The molecule has 198 valence electrons. The van der Waals surface area contributed by atoms with Crippen molar-refractivity contribution >= 4 is 29.5 Å². The number of hydrogen-bond acceptors (Lipinski definition) is 6. The summed E-state index contributed by atoms with van der Waals surface area (Å²) in [6.07, 6.45) is 3.91. The molecule has 0 saturated heterocycles. The van der Waals surface area contributed by atoms with E-state index in [1.165, 1.54) is 0 Å². The fourth-order valence-corrected chi connectivity index (χ4v) is 3.57. The van der Waals surface area contributed by atoms with Crippen LogP contribution >= 0.6 is 0 Å². The Bertz CT molecular complexity index is 1270. The fraction of sp³-hybridized carbons (Fsp3) is 0.321. The van der Waals surface area contributed by atoms with Gasteiger partial charge in [0.15, 0.2) is 0 Å². The van der Waals surface area contributed by atoms with Gasteiger partial charge in [-0.15, -0.1) is 6.42 Å². The highest BCUT2D eigenvalue weighted by Gasteiger charge is 2.37. The number of alkyl carbamates (subject to hydrolysis) is 1. The van der Waals surface area contributed by atoms with Gasteiger partial charge in [-0.1, -0.05) is 36.3 Å². The number of rotatable bonds is 9. The lowest BCUT2D eigenvalue weighted by molar-refractivity contribution is -0.141. The van der Waals surface area contributed by atoms with Crippen LogP contribution in [-0.2, 0) is 19.1 Å². The number of amides is 4. The third kappa shape index (κ3) is 8.38. The topological polar surface area (TPSA) is 155 Å². The van der Waals surface area contributed by atoms with Crippen molar-refractivity contribution in [3.8, 4) is 18.4 Å². The number of carbonyl (C=O) groups is 4. The van der Waals surface area contributed by atoms with Crippen LogP contribution in [0.2, 0.25) is 0 Å². The number of nitrogens with zero attached hydrogens (tertiary/aromatic N) is 2. The van der Waals surface area contributed by atoms with Gasteiger partial charge in [0.1, 0.15) is 24.2 Å². The average molecular weight is 518 g/mol. The Morgan fingerprint density at radius 1 is 1.11 bits per heavy atom. The van der Waals surface area contributed by atoms with E-state index in [-0.39, 0.29) is 0 Å². The lowest BCUT2D eigenvalue weighted by atomic mass is 10.0. The highest BCUT2D eigenvalue weighted by Crippen LogP contribution is 2.26. The monoisotopic (exact) mass is 517 g/mol. The summed E-state index contributed by atoms with van der Waals surface area (Å²) in [6.45, 7) is 6.16. The molecular weight excluding hydrogens is 486 g/mol. The first-order chi connectivity index (χ1) is 17.9. The number of terminal acetylenes is 1. The van der Waals surface area contributed by atoms with Gasteiger partial charge in [-0.2, -0.15) is 5.26 Å². The van der Waals surface area contributed by atoms with Crippen molar-refractivity contribution in [1.29, 1.82) is 5.26 Å². The van der Waals surface area contributed by atoms with Crippen LogP contribution in [0.15, 0.2) is 48.5 Å². The summed E-state index contributed by atoms with van der Waals surface area (Å²) < 4.78 is 5.21. The number of nitriles is 1. The zero-order valence-electron chi connectivity index (χ0n) is 21.8. The molecule has 0 aliphatic heterocycles. The third-order valence-electron chi connectivity index (χ3n) is 5.27. The molecule has 0 spiro atoms. The zero-order chi connectivity index (χ0) is 28.5. The van der Waals surface area contributed by atoms with Crippen LogP contribution < -0.4 is 16.4 Å². The standard InChI is InChI=1S/C28H31N5O5/c1-6-19-11-13-20(14-12-19)24(25(35)31-21-10-8-7-9-18(21)2)33(16-15-29)26(36)22(17-23(30)34)32-27(37)38-28(3,4)5/h1,7-14,22,24H,16-17H2,2-5H3,(H2,30,34)(H,31,35)(H,32,37). The Labute approximate surface area is 222 Å². The van der Waals surface area contributed by atoms with Crippen molar-refractivity contribution in [1.82, 2.24) is 10.2 Å². The van der Waals surface area contributed by atoms with Crippen molar-refractivity contribution in [2.75, 3.05) is 11.9 Å². The number of hydrogen-bond donors (Lipinski definition) is 3. The largest absolute Gasteiger partial charge is 0.444 e. The van der Waals surface area contributed by atoms with Crippen molar-refractivity contribution < 1.29 is 23.9 Å². The quantitative estimate of drug-likeness (QED) is 0.343. The predicted octanol–water partition coefficient (Wildman–Crippen LogP) is 2.78. The molecule has 4 N–H and O–H groups in total. The maximum atomic E-state index is 13.7. The molecule has 0 aromatic heterocycles. The SMILES string of the molecule is C#Cc1ccc(C(C(=O)Nc2ccccc2C)N(CC#N)C(=O)C(CC(N)=O)NC(=O)OC(C)(C)C)cc1. The van der Waals surface area contributed by atoms with Crippen molar-refractivity contribution in [2.45, 2.75) is 51.8 Å². The van der Waals surface area contributed by atoms with Gasteiger partial charge in [0, 0.05) is 11.3 Å². The van der Waals surface area contributed by atoms with Gasteiger partial charge in [0.2, 0.25) is 11.8 Å². The Morgan fingerprint density at radius 2 is 1.74 bits per heavy atom. The minimum absolute atomic E-state index is 0.355. The van der Waals surface area contributed by atoms with Gasteiger partial charge >= 0.3 is 6.09 Å². The zero-order valence-corrected chi connectivity index (χ0v) is 21.8. The fourth-order valence-electron chi connectivity index (χ4n) is 3.57. The first kappa shape index (κ1) is 29.4. The van der Waals surface area contributed by atoms with E-state index in [9.17, 15) is 24.4 Å². The highest BCUT2D eigenvalue weighted by atomic mass is 16.6. The second kappa shape index (κ2) is 12.9. The summed E-state index contributed by atoms with van der Waals surface area (Å²) >= 11 is 0. The number of carbonyl (C=O) groups excluding carboxylic acids is 4. The summed E-state index contributed by atoms with van der Waals surface area (Å²) in [5.74, 6) is 0.109. The molecule has 4 amide bonds. The highest BCUT2D eigenvalue weighted by molar-refractivity contribution is 6.00. The van der Waals surface area contributed by atoms with Gasteiger partial charge in [-0.05, 0) is 57.0 Å². The first-order valence-electron chi connectivity index (χ1n) is 11.7. The van der Waals surface area contributed by atoms with Crippen molar-refractivity contribution in [2.24, 2.45) is 5.73 Å². The number of ether oxygens (including phenoxy) is 1. The molecule has 10 nitrogen and oxygen atoms in total. The van der Waals surface area contributed by atoms with E-state index >= 15 is 0 Å². The second-order valence-corrected chi connectivity index (χ2v) is 9.47. The molecule has 0 radical (unpaired) electrons. The summed E-state index contributed by atoms with van der Waals surface area (Å²) in [7, 11) is 0. The van der Waals surface area contributed by atoms with Gasteiger partial charge in [0.25, 0.3) is 5.91 Å². The normalized spacial score (nSPS) is 12.2. The minimum Gasteiger partial charge on any atom is -0.444 e. The molecule has 0 saturated carbocycles. The molecule has 2 rings (SSSR count). The number of anilines is 1. The van der Waals surface area contributed by atoms with E-state index in [1.807, 2.05) is 12.1 Å². The van der Waals surface area contributed by atoms with Gasteiger partial charge in [-0.25, -0.2) is 4.79 Å². The van der Waals surface area contributed by atoms with Crippen LogP contribution in [0, 0.1) is 30.6 Å². The number of nitrogens with one attached hydrogen (secondary N) is 2. The van der Waals surface area contributed by atoms with Crippen molar-refractivity contribution in [3.63, 3.8) is 0 Å². The van der Waals surface area contributed by atoms with Crippen LogP contribution in [0.4, 0.5) is 10.5 Å². The van der Waals surface area contributed by atoms with E-state index in [0.29, 0.717) is 16.8 Å². The van der Waals surface area contributed by atoms with Crippen LogP contribution in [0.1, 0.15) is 49.9 Å². The molecule has 2 aromatic carbocycles. The smallest absolute Gasteiger partial charge is 0.408 e. The molecule has 10 heteroatoms. The van der Waals surface area contributed by atoms with Crippen LogP contribution in [0.3, 0.4) is 0 Å². The molecule has 0 aliphatic rings. The summed E-state index contributed by atoms with van der Waals surface area (Å²) in [5.41, 5.74) is 6.64. The van der Waals surface area contributed by atoms with Crippen LogP contribution in [0.25, 0.3) is 0 Å². The van der Waals surface area contributed by atoms with E-state index in [2.05, 4.69) is 16.6 Å². The van der Waals surface area contributed by atoms with Gasteiger partial charge < -0.3 is 26.0 Å². The maximum Gasteiger partial charge on any atom is 0.408 e. The molecule has 0 fully saturated rings. The van der Waals surface area contributed by atoms with Crippen LogP contribution in [0.5, 0.6) is 0 Å². The second-order valence-electron chi connectivity index (χ2n) is 9.47. The third-order valence-corrected chi connectivity index (χ3v) is 5.27. The summed E-state index contributed by atoms with van der Waals surface area (Å²) in [6, 6.07) is 12.5. The molecule has 2 unspecified atom stereocenters. The lowest BCUT2D eigenvalue weighted by Gasteiger charge is -2.32. The number of para-hydroxylation sites is 1. The van der Waals surface area contributed by atoms with E-state index < -0.39 is 54.5 Å². The van der Waals surface area contributed by atoms with Gasteiger partial charge in [-0.3, -0.25) is 14.4 Å². The van der Waals surface area contributed by atoms with Gasteiger partial charge in [0.05, 0.1) is 12.5 Å². The molecule has 38 heavy (non-hydrogen) atoms. The minimum atomic E-state index is -1.49. The summed E-state index contributed by atoms with van der Waals surface area (Å²) in [4.78, 5) is 52.5. The number of primary amides is 1. The predicted molar refractivity (Wildman–Crippen MR) is 141 cm³/mol. The van der Waals surface area contributed by atoms with E-state index in [4.69, 9.17) is 16.9 Å². The van der Waals surface area contributed by atoms with E-state index in [1.54, 1.807) is 70.2 Å². The lowest BCUT2D eigenvalue weighted by Crippen LogP contribution is -2.53. The number of nitrogens with two attached hydrogens (primary N) is 1. The Morgan fingerprint density at radius 3 is 2.26 bits per heavy atom. The molecule has 2 atom stereocenters. The number of benzene rings is 2. The molecule has 0 aliphatic carbocycles. The molecule has 0 heterocycles. The molecular formula is C28H31N5O5. The van der Waals surface area contributed by atoms with Crippen molar-refractivity contribution in [3.05, 3.63) is 65.2 Å². The number of aryl methyl sites for hydroxylation is 1. The Balaban J connectivity index is 2.54. The first-order valence-corrected chi connectivity index (χ1v) is 11.7.